The molecule has 3 rings (SSSR count). The highest BCUT2D eigenvalue weighted by Gasteiger charge is 2.34. The van der Waals surface area contributed by atoms with Crippen molar-refractivity contribution in [2.45, 2.75) is 13.0 Å². The minimum atomic E-state index is -0.354. The Hall–Kier alpha value is -2.04. The van der Waals surface area contributed by atoms with Gasteiger partial charge in [0.25, 0.3) is 0 Å². The van der Waals surface area contributed by atoms with Crippen LogP contribution in [0.3, 0.4) is 0 Å². The van der Waals surface area contributed by atoms with Crippen LogP contribution in [0.4, 0.5) is 5.69 Å². The molecule has 0 aromatic heterocycles. The normalized spacial score (nSPS) is 17.2. The molecule has 0 bridgehead atoms. The maximum absolute atomic E-state index is 12.3. The zero-order chi connectivity index (χ0) is 17.1. The number of carbonyl (C=O) groups excluding carboxylic acids is 2. The molecule has 1 aliphatic rings. The molecule has 1 fully saturated rings. The number of carbonyl (C=O) groups is 2. The fraction of sp³-hybridized carbons (Fsp3) is 0.222. The number of nitrogens with one attached hydrogen (secondary N) is 1. The van der Waals surface area contributed by atoms with E-state index < -0.39 is 0 Å². The molecule has 1 atom stereocenters. The summed E-state index contributed by atoms with van der Waals surface area (Å²) >= 11 is 11.8. The van der Waals surface area contributed by atoms with Crippen LogP contribution < -0.4 is 10.2 Å². The van der Waals surface area contributed by atoms with E-state index in [0.29, 0.717) is 23.1 Å². The third kappa shape index (κ3) is 3.89. The zero-order valence-corrected chi connectivity index (χ0v) is 14.3. The van der Waals surface area contributed by atoms with E-state index in [1.54, 1.807) is 35.2 Å². The Bertz CT molecular complexity index is 762. The molecule has 1 unspecified atom stereocenters. The fourth-order valence-electron chi connectivity index (χ4n) is 2.73. The highest BCUT2D eigenvalue weighted by Crippen LogP contribution is 2.26. The second-order valence-electron chi connectivity index (χ2n) is 5.73. The third-order valence-electron chi connectivity index (χ3n) is 3.99. The van der Waals surface area contributed by atoms with Crippen molar-refractivity contribution in [3.05, 3.63) is 64.1 Å². The van der Waals surface area contributed by atoms with Gasteiger partial charge < -0.3 is 10.2 Å². The first-order valence-electron chi connectivity index (χ1n) is 7.61. The summed E-state index contributed by atoms with van der Waals surface area (Å²) in [6.07, 6.45) is 0.212. The molecule has 124 valence electrons. The Balaban J connectivity index is 1.60. The lowest BCUT2D eigenvalue weighted by atomic mass is 10.1. The lowest BCUT2D eigenvalue weighted by Gasteiger charge is -2.16. The van der Waals surface area contributed by atoms with Gasteiger partial charge in [0.2, 0.25) is 11.8 Å². The van der Waals surface area contributed by atoms with E-state index in [4.69, 9.17) is 23.2 Å². The lowest BCUT2D eigenvalue weighted by Crippen LogP contribution is -2.32. The highest BCUT2D eigenvalue weighted by molar-refractivity contribution is 6.30. The minimum absolute atomic E-state index is 0.0553. The molecular formula is C18H16Cl2N2O2. The van der Waals surface area contributed by atoms with Crippen molar-refractivity contribution in [3.8, 4) is 0 Å². The van der Waals surface area contributed by atoms with Gasteiger partial charge in [0.15, 0.2) is 0 Å². The summed E-state index contributed by atoms with van der Waals surface area (Å²) < 4.78 is 0. The van der Waals surface area contributed by atoms with Crippen LogP contribution in [0.15, 0.2) is 48.5 Å². The predicted octanol–water partition coefficient (Wildman–Crippen LogP) is 3.66. The van der Waals surface area contributed by atoms with E-state index in [0.717, 1.165) is 11.3 Å². The molecule has 2 amide bonds. The molecule has 6 heteroatoms. The molecule has 0 spiro atoms. The van der Waals surface area contributed by atoms with E-state index in [9.17, 15) is 9.59 Å². The maximum Gasteiger partial charge on any atom is 0.227 e. The van der Waals surface area contributed by atoms with Crippen molar-refractivity contribution in [3.63, 3.8) is 0 Å². The van der Waals surface area contributed by atoms with Gasteiger partial charge >= 0.3 is 0 Å². The molecule has 0 radical (unpaired) electrons. The van der Waals surface area contributed by atoms with Crippen molar-refractivity contribution in [2.24, 2.45) is 5.92 Å². The van der Waals surface area contributed by atoms with Gasteiger partial charge in [0, 0.05) is 35.2 Å². The summed E-state index contributed by atoms with van der Waals surface area (Å²) in [5, 5.41) is 4.12. The summed E-state index contributed by atoms with van der Waals surface area (Å²) in [6, 6.07) is 14.4. The second kappa shape index (κ2) is 7.24. The summed E-state index contributed by atoms with van der Waals surface area (Å²) in [7, 11) is 0. The van der Waals surface area contributed by atoms with Crippen molar-refractivity contribution < 1.29 is 9.59 Å². The van der Waals surface area contributed by atoms with Gasteiger partial charge in [-0.05, 0) is 42.0 Å². The van der Waals surface area contributed by atoms with Crippen molar-refractivity contribution in [1.29, 1.82) is 0 Å². The van der Waals surface area contributed by atoms with Gasteiger partial charge in [0.05, 0.1) is 5.92 Å². The van der Waals surface area contributed by atoms with Crippen LogP contribution in [0.5, 0.6) is 0 Å². The molecule has 2 aromatic carbocycles. The number of halogens is 2. The Kier molecular flexibility index (Phi) is 5.07. The average molecular weight is 363 g/mol. The van der Waals surface area contributed by atoms with Gasteiger partial charge in [-0.15, -0.1) is 0 Å². The number of rotatable bonds is 4. The smallest absolute Gasteiger partial charge is 0.227 e. The van der Waals surface area contributed by atoms with Crippen molar-refractivity contribution in [2.75, 3.05) is 11.4 Å². The number of anilines is 1. The monoisotopic (exact) mass is 362 g/mol. The summed E-state index contributed by atoms with van der Waals surface area (Å²) in [5.74, 6) is -0.535. The van der Waals surface area contributed by atoms with E-state index >= 15 is 0 Å². The third-order valence-corrected chi connectivity index (χ3v) is 4.48. The highest BCUT2D eigenvalue weighted by atomic mass is 35.5. The largest absolute Gasteiger partial charge is 0.352 e. The van der Waals surface area contributed by atoms with Crippen LogP contribution in [0.1, 0.15) is 12.0 Å². The van der Waals surface area contributed by atoms with E-state index in [-0.39, 0.29) is 24.2 Å². The molecule has 0 aliphatic carbocycles. The lowest BCUT2D eigenvalue weighted by molar-refractivity contribution is -0.126. The summed E-state index contributed by atoms with van der Waals surface area (Å²) in [6.45, 7) is 0.771. The Morgan fingerprint density at radius 1 is 1.12 bits per heavy atom. The summed E-state index contributed by atoms with van der Waals surface area (Å²) in [5.41, 5.74) is 1.68. The molecule has 1 aliphatic heterocycles. The van der Waals surface area contributed by atoms with Crippen LogP contribution >= 0.6 is 23.2 Å². The van der Waals surface area contributed by atoms with Crippen LogP contribution in [-0.4, -0.2) is 18.4 Å². The van der Waals surface area contributed by atoms with Crippen LogP contribution in [0.25, 0.3) is 0 Å². The Morgan fingerprint density at radius 3 is 2.58 bits per heavy atom. The van der Waals surface area contributed by atoms with Gasteiger partial charge in [-0.2, -0.15) is 0 Å². The van der Waals surface area contributed by atoms with Crippen molar-refractivity contribution in [1.82, 2.24) is 5.32 Å². The van der Waals surface area contributed by atoms with Gasteiger partial charge in [-0.3, -0.25) is 9.59 Å². The SMILES string of the molecule is O=C(NCc1cccc(Cl)c1)C1CC(=O)N(c2ccc(Cl)cc2)C1. The molecular weight excluding hydrogens is 347 g/mol. The van der Waals surface area contributed by atoms with E-state index in [1.807, 2.05) is 18.2 Å². The average Bonchev–Trinajstić information content (AvgIpc) is 2.95. The molecule has 4 nitrogen and oxygen atoms in total. The first-order chi connectivity index (χ1) is 11.5. The zero-order valence-electron chi connectivity index (χ0n) is 12.8. The minimum Gasteiger partial charge on any atom is -0.352 e. The van der Waals surface area contributed by atoms with Gasteiger partial charge in [0.1, 0.15) is 0 Å². The van der Waals surface area contributed by atoms with Crippen LogP contribution in [0.2, 0.25) is 10.0 Å². The fourth-order valence-corrected chi connectivity index (χ4v) is 3.07. The number of benzene rings is 2. The second-order valence-corrected chi connectivity index (χ2v) is 6.60. The number of nitrogens with zero attached hydrogens (tertiary/aromatic N) is 1. The molecule has 0 saturated carbocycles. The Labute approximate surface area is 150 Å². The summed E-state index contributed by atoms with van der Waals surface area (Å²) in [4.78, 5) is 26.1. The molecule has 2 aromatic rings. The number of hydrogen-bond acceptors (Lipinski definition) is 2. The topological polar surface area (TPSA) is 49.4 Å². The van der Waals surface area contributed by atoms with Crippen LogP contribution in [-0.2, 0) is 16.1 Å². The van der Waals surface area contributed by atoms with Gasteiger partial charge in [-0.25, -0.2) is 0 Å². The standard InChI is InChI=1S/C18H16Cl2N2O2/c19-14-4-6-16(7-5-14)22-11-13(9-17(22)23)18(24)21-10-12-2-1-3-15(20)8-12/h1-8,13H,9-11H2,(H,21,24). The van der Waals surface area contributed by atoms with Gasteiger partial charge in [-0.1, -0.05) is 35.3 Å². The number of amides is 2. The van der Waals surface area contributed by atoms with E-state index in [1.165, 1.54) is 0 Å². The molecule has 1 saturated heterocycles. The van der Waals surface area contributed by atoms with E-state index in [2.05, 4.69) is 5.32 Å². The first kappa shape index (κ1) is 16.8. The quantitative estimate of drug-likeness (QED) is 0.901. The molecule has 1 heterocycles. The molecule has 24 heavy (non-hydrogen) atoms. The Morgan fingerprint density at radius 2 is 1.88 bits per heavy atom. The predicted molar refractivity (Wildman–Crippen MR) is 95.2 cm³/mol. The number of hydrogen-bond donors (Lipinski definition) is 1. The maximum atomic E-state index is 12.3. The molecule has 1 N–H and O–H groups in total. The van der Waals surface area contributed by atoms with Crippen molar-refractivity contribution >= 4 is 40.7 Å². The van der Waals surface area contributed by atoms with Crippen LogP contribution in [0, 0.1) is 5.92 Å². The first-order valence-corrected chi connectivity index (χ1v) is 8.36.